The zero-order valence-corrected chi connectivity index (χ0v) is 10.6. The van der Waals surface area contributed by atoms with Crippen LogP contribution in [0, 0.1) is 6.92 Å². The summed E-state index contributed by atoms with van der Waals surface area (Å²) in [6, 6.07) is 8.11. The molecule has 1 aliphatic rings. The van der Waals surface area contributed by atoms with Crippen LogP contribution in [0.3, 0.4) is 0 Å². The van der Waals surface area contributed by atoms with Crippen LogP contribution in [0.1, 0.15) is 18.4 Å². The van der Waals surface area contributed by atoms with Crippen molar-refractivity contribution in [2.24, 2.45) is 0 Å². The van der Waals surface area contributed by atoms with Crippen LogP contribution < -0.4 is 10.1 Å². The van der Waals surface area contributed by atoms with Crippen LogP contribution in [-0.4, -0.2) is 31.8 Å². The van der Waals surface area contributed by atoms with Crippen LogP contribution in [0.25, 0.3) is 0 Å². The fraction of sp³-hybridized carbons (Fsp3) is 0.500. The van der Waals surface area contributed by atoms with Gasteiger partial charge in [0.1, 0.15) is 5.75 Å². The zero-order chi connectivity index (χ0) is 12.8. The Hall–Kier alpha value is -1.55. The number of rotatable bonds is 6. The third-order valence-corrected chi connectivity index (χ3v) is 2.90. The third kappa shape index (κ3) is 3.74. The van der Waals surface area contributed by atoms with Crippen LogP contribution in [0.15, 0.2) is 24.3 Å². The lowest BCUT2D eigenvalue weighted by Gasteiger charge is -2.26. The minimum absolute atomic E-state index is 0.0803. The third-order valence-electron chi connectivity index (χ3n) is 2.90. The topological polar surface area (TPSA) is 47.6 Å². The Labute approximate surface area is 107 Å². The maximum absolute atomic E-state index is 11.5. The zero-order valence-electron chi connectivity index (χ0n) is 10.6. The van der Waals surface area contributed by atoms with Crippen molar-refractivity contribution in [2.75, 3.05) is 19.8 Å². The average Bonchev–Trinajstić information content (AvgIpc) is 2.31. The molecular weight excluding hydrogens is 230 g/mol. The quantitative estimate of drug-likeness (QED) is 0.780. The van der Waals surface area contributed by atoms with E-state index in [-0.39, 0.29) is 11.9 Å². The lowest BCUT2D eigenvalue weighted by Crippen LogP contribution is -2.48. The lowest BCUT2D eigenvalue weighted by molar-refractivity contribution is -0.125. The highest BCUT2D eigenvalue weighted by Gasteiger charge is 2.19. The summed E-state index contributed by atoms with van der Waals surface area (Å²) in [5, 5.41) is 2.91. The molecule has 0 spiro atoms. The molecule has 1 amide bonds. The monoisotopic (exact) mass is 249 g/mol. The van der Waals surface area contributed by atoms with Gasteiger partial charge >= 0.3 is 0 Å². The van der Waals surface area contributed by atoms with E-state index in [2.05, 4.69) is 5.32 Å². The Morgan fingerprint density at radius 3 is 2.89 bits per heavy atom. The average molecular weight is 249 g/mol. The van der Waals surface area contributed by atoms with Gasteiger partial charge < -0.3 is 14.8 Å². The number of ether oxygens (including phenoxy) is 2. The van der Waals surface area contributed by atoms with E-state index in [9.17, 15) is 4.79 Å². The summed E-state index contributed by atoms with van der Waals surface area (Å²) in [5.41, 5.74) is 1.12. The molecule has 0 aliphatic carbocycles. The van der Waals surface area contributed by atoms with E-state index in [4.69, 9.17) is 9.47 Å². The maximum Gasteiger partial charge on any atom is 0.220 e. The highest BCUT2D eigenvalue weighted by molar-refractivity contribution is 5.76. The van der Waals surface area contributed by atoms with Crippen molar-refractivity contribution < 1.29 is 14.3 Å². The molecule has 18 heavy (non-hydrogen) atoms. The second-order valence-corrected chi connectivity index (χ2v) is 4.52. The van der Waals surface area contributed by atoms with Crippen LogP contribution >= 0.6 is 0 Å². The smallest absolute Gasteiger partial charge is 0.220 e. The second kappa shape index (κ2) is 6.40. The van der Waals surface area contributed by atoms with Gasteiger partial charge in [-0.15, -0.1) is 0 Å². The molecule has 1 fully saturated rings. The summed E-state index contributed by atoms with van der Waals surface area (Å²) >= 11 is 0. The molecule has 0 aromatic heterocycles. The summed E-state index contributed by atoms with van der Waals surface area (Å²) in [7, 11) is 0. The Kier molecular flexibility index (Phi) is 4.59. The van der Waals surface area contributed by atoms with Gasteiger partial charge in [-0.2, -0.15) is 0 Å². The molecule has 1 aromatic rings. The van der Waals surface area contributed by atoms with E-state index in [0.717, 1.165) is 17.7 Å². The Morgan fingerprint density at radius 2 is 2.22 bits per heavy atom. The van der Waals surface area contributed by atoms with Crippen molar-refractivity contribution >= 4 is 5.91 Å². The van der Waals surface area contributed by atoms with Crippen LogP contribution in [0.2, 0.25) is 0 Å². The van der Waals surface area contributed by atoms with Crippen molar-refractivity contribution in [3.8, 4) is 5.75 Å². The van der Waals surface area contributed by atoms with Crippen molar-refractivity contribution in [2.45, 2.75) is 25.8 Å². The Balaban J connectivity index is 1.60. The Bertz CT molecular complexity index is 402. The molecule has 0 bridgehead atoms. The fourth-order valence-corrected chi connectivity index (χ4v) is 1.75. The minimum atomic E-state index is 0.0803. The van der Waals surface area contributed by atoms with Crippen molar-refractivity contribution in [3.63, 3.8) is 0 Å². The number of carbonyl (C=O) groups is 1. The van der Waals surface area contributed by atoms with Gasteiger partial charge in [-0.25, -0.2) is 0 Å². The van der Waals surface area contributed by atoms with E-state index in [1.54, 1.807) is 0 Å². The normalized spacial score (nSPS) is 14.9. The van der Waals surface area contributed by atoms with E-state index >= 15 is 0 Å². The number of hydrogen-bond donors (Lipinski definition) is 1. The molecule has 0 radical (unpaired) electrons. The van der Waals surface area contributed by atoms with Gasteiger partial charge in [0, 0.05) is 6.42 Å². The number of hydrogen-bond acceptors (Lipinski definition) is 3. The summed E-state index contributed by atoms with van der Waals surface area (Å²) in [5.74, 6) is 0.974. The van der Waals surface area contributed by atoms with E-state index in [1.165, 1.54) is 0 Å². The van der Waals surface area contributed by atoms with E-state index in [0.29, 0.717) is 26.2 Å². The molecule has 1 N–H and O–H groups in total. The number of amides is 1. The fourth-order valence-electron chi connectivity index (χ4n) is 1.75. The molecular formula is C14H19NO3. The number of aryl methyl sites for hydroxylation is 1. The molecule has 1 saturated heterocycles. The predicted octanol–water partition coefficient (Wildman–Crippen LogP) is 1.67. The first kappa shape index (κ1) is 12.9. The van der Waals surface area contributed by atoms with Gasteiger partial charge in [-0.1, -0.05) is 18.2 Å². The molecule has 4 heteroatoms. The Morgan fingerprint density at radius 1 is 1.44 bits per heavy atom. The number of nitrogens with one attached hydrogen (secondary N) is 1. The van der Waals surface area contributed by atoms with E-state index in [1.807, 2.05) is 31.2 Å². The number of carbonyl (C=O) groups excluding carboxylic acids is 1. The highest BCUT2D eigenvalue weighted by Crippen LogP contribution is 2.16. The maximum atomic E-state index is 11.5. The second-order valence-electron chi connectivity index (χ2n) is 4.52. The van der Waals surface area contributed by atoms with Crippen molar-refractivity contribution in [1.82, 2.24) is 5.32 Å². The highest BCUT2D eigenvalue weighted by atomic mass is 16.5. The summed E-state index contributed by atoms with van der Waals surface area (Å²) in [4.78, 5) is 11.5. The SMILES string of the molecule is Cc1ccccc1OCCCC(=O)NC1COC1. The van der Waals surface area contributed by atoms with Gasteiger partial charge in [0.25, 0.3) is 0 Å². The van der Waals surface area contributed by atoms with Gasteiger partial charge in [0.05, 0.1) is 25.9 Å². The summed E-state index contributed by atoms with van der Waals surface area (Å²) in [6.07, 6.45) is 1.23. The number of para-hydroxylation sites is 1. The van der Waals surface area contributed by atoms with Gasteiger partial charge in [0.2, 0.25) is 5.91 Å². The molecule has 1 aromatic carbocycles. The molecule has 0 saturated carbocycles. The summed E-state index contributed by atoms with van der Waals surface area (Å²) < 4.78 is 10.6. The minimum Gasteiger partial charge on any atom is -0.493 e. The first-order valence-corrected chi connectivity index (χ1v) is 6.31. The number of benzene rings is 1. The standard InChI is InChI=1S/C14H19NO3/c1-11-5-2-3-6-13(11)18-8-4-7-14(16)15-12-9-17-10-12/h2-3,5-6,12H,4,7-10H2,1H3,(H,15,16). The van der Waals surface area contributed by atoms with Crippen LogP contribution in [0.4, 0.5) is 0 Å². The first-order valence-electron chi connectivity index (χ1n) is 6.31. The van der Waals surface area contributed by atoms with Crippen molar-refractivity contribution in [3.05, 3.63) is 29.8 Å². The molecule has 1 aliphatic heterocycles. The van der Waals surface area contributed by atoms with Crippen LogP contribution in [-0.2, 0) is 9.53 Å². The first-order chi connectivity index (χ1) is 8.75. The largest absolute Gasteiger partial charge is 0.493 e. The molecule has 0 unspecified atom stereocenters. The predicted molar refractivity (Wildman–Crippen MR) is 68.7 cm³/mol. The molecule has 1 heterocycles. The van der Waals surface area contributed by atoms with Gasteiger partial charge in [-0.3, -0.25) is 4.79 Å². The van der Waals surface area contributed by atoms with Gasteiger partial charge in [0.15, 0.2) is 0 Å². The van der Waals surface area contributed by atoms with Gasteiger partial charge in [-0.05, 0) is 25.0 Å². The molecule has 0 atom stereocenters. The molecule has 2 rings (SSSR count). The summed E-state index contributed by atoms with van der Waals surface area (Å²) in [6.45, 7) is 3.87. The molecule has 98 valence electrons. The van der Waals surface area contributed by atoms with Crippen LogP contribution in [0.5, 0.6) is 5.75 Å². The van der Waals surface area contributed by atoms with Crippen molar-refractivity contribution in [1.29, 1.82) is 0 Å². The van der Waals surface area contributed by atoms with E-state index < -0.39 is 0 Å². The lowest BCUT2D eigenvalue weighted by atomic mass is 10.2. The molecule has 4 nitrogen and oxygen atoms in total.